The number of hydrogen-bond acceptors (Lipinski definition) is 5. The average molecular weight is 464 g/mol. The summed E-state index contributed by atoms with van der Waals surface area (Å²) in [5, 5.41) is 4.91. The predicted octanol–water partition coefficient (Wildman–Crippen LogP) is 3.01. The number of benzene rings is 2. The van der Waals surface area contributed by atoms with Crippen molar-refractivity contribution in [3.63, 3.8) is 0 Å². The minimum atomic E-state index is -3.86. The number of amides is 2. The number of carbonyl (C=O) groups is 2. The fourth-order valence-electron chi connectivity index (χ4n) is 3.56. The van der Waals surface area contributed by atoms with E-state index < -0.39 is 27.7 Å². The molecule has 10 heteroatoms. The summed E-state index contributed by atoms with van der Waals surface area (Å²) in [6, 6.07) is 7.75. The first-order chi connectivity index (χ1) is 15.3. The number of hydrogen-bond donors (Lipinski definition) is 2. The Morgan fingerprint density at radius 2 is 1.69 bits per heavy atom. The van der Waals surface area contributed by atoms with Gasteiger partial charge >= 0.3 is 0 Å². The highest BCUT2D eigenvalue weighted by atomic mass is 32.2. The van der Waals surface area contributed by atoms with Crippen molar-refractivity contribution in [1.29, 1.82) is 0 Å². The molecule has 0 bridgehead atoms. The maximum absolute atomic E-state index is 13.9. The summed E-state index contributed by atoms with van der Waals surface area (Å²) >= 11 is 0. The van der Waals surface area contributed by atoms with Gasteiger partial charge in [0.05, 0.1) is 12.7 Å². The van der Waals surface area contributed by atoms with Crippen LogP contribution in [0.15, 0.2) is 41.3 Å². The second-order valence-corrected chi connectivity index (χ2v) is 9.32. The number of anilines is 1. The van der Waals surface area contributed by atoms with Crippen LogP contribution in [0.3, 0.4) is 0 Å². The maximum atomic E-state index is 13.9. The molecule has 0 atom stereocenters. The van der Waals surface area contributed by atoms with Gasteiger partial charge < -0.3 is 15.4 Å². The zero-order chi connectivity index (χ0) is 23.3. The minimum Gasteiger partial charge on any atom is -0.495 e. The molecule has 3 rings (SSSR count). The van der Waals surface area contributed by atoms with Crippen molar-refractivity contribution in [2.75, 3.05) is 32.6 Å². The minimum absolute atomic E-state index is 0.0836. The average Bonchev–Trinajstić information content (AvgIpc) is 3.09. The van der Waals surface area contributed by atoms with Crippen molar-refractivity contribution in [2.24, 2.45) is 0 Å². The van der Waals surface area contributed by atoms with Gasteiger partial charge in [0.2, 0.25) is 10.0 Å². The Morgan fingerprint density at radius 1 is 1.00 bits per heavy atom. The summed E-state index contributed by atoms with van der Waals surface area (Å²) in [5.74, 6) is -1.81. The molecule has 0 unspecified atom stereocenters. The van der Waals surface area contributed by atoms with E-state index in [0.29, 0.717) is 13.1 Å². The molecule has 2 aromatic carbocycles. The normalized spacial score (nSPS) is 15.0. The quantitative estimate of drug-likeness (QED) is 0.685. The van der Waals surface area contributed by atoms with Gasteiger partial charge in [0.25, 0.3) is 11.8 Å². The Balaban J connectivity index is 1.91. The van der Waals surface area contributed by atoms with Crippen LogP contribution in [0.2, 0.25) is 0 Å². The lowest BCUT2D eigenvalue weighted by molar-refractivity contribution is 0.0957. The maximum Gasteiger partial charge on any atom is 0.255 e. The molecule has 2 N–H and O–H groups in total. The molecule has 2 amide bonds. The summed E-state index contributed by atoms with van der Waals surface area (Å²) < 4.78 is 47.1. The van der Waals surface area contributed by atoms with E-state index in [4.69, 9.17) is 4.74 Å². The highest BCUT2D eigenvalue weighted by molar-refractivity contribution is 7.89. The highest BCUT2D eigenvalue weighted by Gasteiger charge is 2.29. The predicted molar refractivity (Wildman–Crippen MR) is 118 cm³/mol. The summed E-state index contributed by atoms with van der Waals surface area (Å²) in [7, 11) is -1.12. The molecule has 8 nitrogen and oxygen atoms in total. The fraction of sp³-hybridized carbons (Fsp3) is 0.364. The molecule has 32 heavy (non-hydrogen) atoms. The lowest BCUT2D eigenvalue weighted by Crippen LogP contribution is -2.32. The Bertz CT molecular complexity index is 1110. The van der Waals surface area contributed by atoms with Gasteiger partial charge in [-0.2, -0.15) is 4.31 Å². The third-order valence-corrected chi connectivity index (χ3v) is 7.22. The van der Waals surface area contributed by atoms with Crippen molar-refractivity contribution in [3.8, 4) is 5.75 Å². The van der Waals surface area contributed by atoms with Crippen LogP contribution in [-0.4, -0.2) is 51.8 Å². The van der Waals surface area contributed by atoms with Gasteiger partial charge in [-0.3, -0.25) is 9.59 Å². The number of nitrogens with zero attached hydrogens (tertiary/aromatic N) is 1. The van der Waals surface area contributed by atoms with Gasteiger partial charge in [0, 0.05) is 31.4 Å². The summed E-state index contributed by atoms with van der Waals surface area (Å²) in [6.45, 7) is 0.833. The fourth-order valence-corrected chi connectivity index (χ4v) is 5.25. The first kappa shape index (κ1) is 23.7. The van der Waals surface area contributed by atoms with Crippen LogP contribution in [-0.2, 0) is 10.0 Å². The smallest absolute Gasteiger partial charge is 0.255 e. The van der Waals surface area contributed by atoms with Crippen LogP contribution in [0.5, 0.6) is 5.75 Å². The monoisotopic (exact) mass is 463 g/mol. The number of halogens is 1. The highest BCUT2D eigenvalue weighted by Crippen LogP contribution is 2.30. The number of sulfonamides is 1. The van der Waals surface area contributed by atoms with E-state index in [1.54, 1.807) is 0 Å². The third kappa shape index (κ3) is 5.08. The molecule has 172 valence electrons. The van der Waals surface area contributed by atoms with Gasteiger partial charge in [0.15, 0.2) is 0 Å². The molecule has 0 saturated carbocycles. The Morgan fingerprint density at radius 3 is 2.31 bits per heavy atom. The zero-order valence-corrected chi connectivity index (χ0v) is 18.8. The lowest BCUT2D eigenvalue weighted by atomic mass is 10.1. The van der Waals surface area contributed by atoms with E-state index in [-0.39, 0.29) is 27.5 Å². The van der Waals surface area contributed by atoms with Crippen LogP contribution >= 0.6 is 0 Å². The van der Waals surface area contributed by atoms with E-state index in [1.807, 2.05) is 0 Å². The van der Waals surface area contributed by atoms with Crippen molar-refractivity contribution in [2.45, 2.75) is 30.6 Å². The summed E-state index contributed by atoms with van der Waals surface area (Å²) in [6.07, 6.45) is 3.50. The second-order valence-electron chi connectivity index (χ2n) is 7.41. The van der Waals surface area contributed by atoms with Crippen molar-refractivity contribution in [3.05, 3.63) is 53.3 Å². The van der Waals surface area contributed by atoms with Crippen molar-refractivity contribution in [1.82, 2.24) is 9.62 Å². The first-order valence-electron chi connectivity index (χ1n) is 10.3. The van der Waals surface area contributed by atoms with E-state index >= 15 is 0 Å². The molecular formula is C22H26FN3O5S. The van der Waals surface area contributed by atoms with Gasteiger partial charge in [-0.25, -0.2) is 12.8 Å². The second kappa shape index (κ2) is 10.1. The molecule has 0 radical (unpaired) electrons. The number of methoxy groups -OCH3 is 1. The van der Waals surface area contributed by atoms with Crippen LogP contribution in [0, 0.1) is 5.82 Å². The molecule has 0 aromatic heterocycles. The Kier molecular flexibility index (Phi) is 7.47. The Hall–Kier alpha value is -2.98. The first-order valence-corrected chi connectivity index (χ1v) is 11.7. The standard InChI is InChI=1S/C22H26FN3O5S/c1-24-22(28)17-14-16(8-9-18(17)23)25-21(27)15-7-10-19(31-2)20(13-15)32(29,30)26-11-5-3-4-6-12-26/h7-10,13-14H,3-6,11-12H2,1-2H3,(H,24,28)(H,25,27). The number of carbonyl (C=O) groups excluding carboxylic acids is 2. The molecule has 0 aliphatic carbocycles. The molecule has 1 heterocycles. The molecule has 1 aliphatic heterocycles. The zero-order valence-electron chi connectivity index (χ0n) is 18.0. The number of ether oxygens (including phenoxy) is 1. The van der Waals surface area contributed by atoms with Crippen LogP contribution in [0.1, 0.15) is 46.4 Å². The molecule has 0 spiro atoms. The lowest BCUT2D eigenvalue weighted by Gasteiger charge is -2.21. The SMILES string of the molecule is CNC(=O)c1cc(NC(=O)c2ccc(OC)c(S(=O)(=O)N3CCCCCC3)c2)ccc1F. The van der Waals surface area contributed by atoms with Crippen LogP contribution in [0.25, 0.3) is 0 Å². The van der Waals surface area contributed by atoms with E-state index in [9.17, 15) is 22.4 Å². The van der Waals surface area contributed by atoms with Gasteiger partial charge in [-0.1, -0.05) is 12.8 Å². The topological polar surface area (TPSA) is 105 Å². The van der Waals surface area contributed by atoms with Gasteiger partial charge in [0.1, 0.15) is 16.5 Å². The molecule has 1 aliphatic rings. The number of nitrogens with one attached hydrogen (secondary N) is 2. The molecular weight excluding hydrogens is 437 g/mol. The molecule has 1 fully saturated rings. The van der Waals surface area contributed by atoms with Crippen LogP contribution < -0.4 is 15.4 Å². The van der Waals surface area contributed by atoms with E-state index in [0.717, 1.165) is 31.7 Å². The number of rotatable bonds is 6. The third-order valence-electron chi connectivity index (χ3n) is 5.30. The van der Waals surface area contributed by atoms with Gasteiger partial charge in [-0.15, -0.1) is 0 Å². The van der Waals surface area contributed by atoms with Crippen molar-refractivity contribution < 1.29 is 27.1 Å². The Labute approximate surface area is 186 Å². The summed E-state index contributed by atoms with van der Waals surface area (Å²) in [5.41, 5.74) is 0.0669. The molecule has 1 saturated heterocycles. The van der Waals surface area contributed by atoms with E-state index in [1.165, 1.54) is 48.8 Å². The van der Waals surface area contributed by atoms with Crippen molar-refractivity contribution >= 4 is 27.5 Å². The van der Waals surface area contributed by atoms with Gasteiger partial charge in [-0.05, 0) is 49.2 Å². The summed E-state index contributed by atoms with van der Waals surface area (Å²) in [4.78, 5) is 24.5. The molecule has 2 aromatic rings. The van der Waals surface area contributed by atoms with Crippen LogP contribution in [0.4, 0.5) is 10.1 Å². The largest absolute Gasteiger partial charge is 0.495 e. The van der Waals surface area contributed by atoms with E-state index in [2.05, 4.69) is 10.6 Å².